The summed E-state index contributed by atoms with van der Waals surface area (Å²) in [5.74, 6) is 0. The molecule has 0 unspecified atom stereocenters. The monoisotopic (exact) mass is 420 g/mol. The zero-order valence-electron chi connectivity index (χ0n) is 11.3. The zero-order valence-corrected chi connectivity index (χ0v) is 12.1. The number of thiazole rings is 1. The van der Waals surface area contributed by atoms with Crippen molar-refractivity contribution in [1.29, 1.82) is 0 Å². The Morgan fingerprint density at radius 2 is 1.17 bits per heavy atom. The first-order valence-corrected chi connectivity index (χ1v) is 5.34. The van der Waals surface area contributed by atoms with Gasteiger partial charge in [-0.25, -0.2) is 4.98 Å². The maximum absolute atomic E-state index is 8.00. The Balaban J connectivity index is -0.0000000497. The van der Waals surface area contributed by atoms with Gasteiger partial charge >= 0.3 is 0 Å². The molecule has 1 aliphatic rings. The van der Waals surface area contributed by atoms with Crippen LogP contribution >= 0.6 is 11.3 Å². The molecule has 2 heterocycles. The topological polar surface area (TPSA) is 16.1 Å². The minimum atomic E-state index is 1.10. The van der Waals surface area contributed by atoms with Gasteiger partial charge in [0, 0.05) is 88.4 Å². The van der Waals surface area contributed by atoms with Gasteiger partial charge in [0.15, 0.2) is 0 Å². The minimum absolute atomic E-state index is 1.10. The molecule has 17 heteroatoms. The van der Waals surface area contributed by atoms with Gasteiger partial charge in [0.05, 0.1) is 11.2 Å². The molecule has 2 nitrogen and oxygen atoms in total. The highest BCUT2D eigenvalue weighted by Gasteiger charge is 2.14. The Kier molecular flexibility index (Phi) is 79.0. The van der Waals surface area contributed by atoms with Crippen molar-refractivity contribution in [3.8, 4) is 0 Å². The van der Waals surface area contributed by atoms with Gasteiger partial charge in [-0.2, -0.15) is 0 Å². The van der Waals surface area contributed by atoms with Crippen LogP contribution in [0.3, 0.4) is 0 Å². The maximum atomic E-state index is 8.00. The van der Waals surface area contributed by atoms with E-state index in [9.17, 15) is 0 Å². The summed E-state index contributed by atoms with van der Waals surface area (Å²) in [6.45, 7) is 2.26. The molecule has 0 saturated carbocycles. The minimum Gasteiger partial charge on any atom is -0.301 e. The van der Waals surface area contributed by atoms with E-state index in [1.54, 1.807) is 11.3 Å². The average Bonchev–Trinajstić information content (AvgIpc) is 3.20. The molecule has 0 radical (unpaired) electrons. The molecule has 1 aromatic rings. The Morgan fingerprint density at radius 1 is 0.792 bits per heavy atom. The lowest BCUT2D eigenvalue weighted by Gasteiger charge is -2.20. The lowest BCUT2D eigenvalue weighted by molar-refractivity contribution is 0.108. The van der Waals surface area contributed by atoms with Gasteiger partial charge in [-0.05, 0) is 7.05 Å². The molecule has 0 amide bonds. The molecule has 2 rings (SSSR count). The van der Waals surface area contributed by atoms with E-state index >= 15 is 0 Å². The Morgan fingerprint density at radius 3 is 1.54 bits per heavy atom. The summed E-state index contributed by atoms with van der Waals surface area (Å²) in [5, 5.41) is 0. The molecular weight excluding hydrogens is 410 g/mol. The molecule has 0 atom stereocenters. The second kappa shape index (κ2) is 49.6. The first kappa shape index (κ1) is 38.3. The first-order chi connectivity index (χ1) is 11.9. The highest BCUT2D eigenvalue weighted by molar-refractivity contribution is 7.09. The van der Waals surface area contributed by atoms with Crippen molar-refractivity contribution in [3.05, 3.63) is 16.1 Å². The van der Waals surface area contributed by atoms with Crippen molar-refractivity contribution < 1.29 is 64.0 Å². The Labute approximate surface area is 129 Å². The lowest BCUT2D eigenvalue weighted by atomic mass is 10.2. The molecule has 0 bridgehead atoms. The molecular formula is C7H10F14N2S. The molecule has 152 valence electrons. The van der Waals surface area contributed by atoms with Crippen LogP contribution in [0.15, 0.2) is 5.51 Å². The van der Waals surface area contributed by atoms with Gasteiger partial charge in [0.1, 0.15) is 0 Å². The lowest BCUT2D eigenvalue weighted by Crippen LogP contribution is -2.25. The van der Waals surface area contributed by atoms with E-state index in [2.05, 4.69) is 16.9 Å². The van der Waals surface area contributed by atoms with Crippen LogP contribution in [0, 0.1) is 0 Å². The number of halogens is 14. The number of fused-ring (bicyclic) bond motifs is 1. The second-order valence-electron chi connectivity index (χ2n) is 2.71. The molecule has 0 aromatic carbocycles. The third-order valence-electron chi connectivity index (χ3n) is 1.87. The predicted octanol–water partition coefficient (Wildman–Crippen LogP) is 7.01. The van der Waals surface area contributed by atoms with Crippen LogP contribution < -0.4 is 0 Å². The van der Waals surface area contributed by atoms with E-state index < -0.39 is 0 Å². The quantitative estimate of drug-likeness (QED) is 0.420. The van der Waals surface area contributed by atoms with Gasteiger partial charge in [-0.1, -0.05) is 0 Å². The van der Waals surface area contributed by atoms with Crippen molar-refractivity contribution in [1.82, 2.24) is 9.88 Å². The van der Waals surface area contributed by atoms with Gasteiger partial charge in [-0.3, -0.25) is 0 Å². The van der Waals surface area contributed by atoms with Crippen LogP contribution in [-0.2, 0) is 13.0 Å². The Hall–Kier alpha value is -1.39. The predicted molar refractivity (Wildman–Crippen MR) is 57.7 cm³/mol. The number of hydrogen-bond donors (Lipinski definition) is 0. The van der Waals surface area contributed by atoms with E-state index in [0.717, 1.165) is 19.5 Å². The van der Waals surface area contributed by atoms with Crippen molar-refractivity contribution in [2.45, 2.75) is 13.0 Å². The number of hydrogen-bond acceptors (Lipinski definition) is 3. The molecule has 0 N–H and O–H groups in total. The maximum Gasteiger partial charge on any atom is 0.0798 e. The first-order valence-electron chi connectivity index (χ1n) is 4.46. The van der Waals surface area contributed by atoms with Gasteiger partial charge < -0.3 is 4.90 Å². The van der Waals surface area contributed by atoms with Gasteiger partial charge in [0.2, 0.25) is 0 Å². The number of nitrogens with zero attached hydrogens (tertiary/aromatic N) is 2. The third-order valence-corrected chi connectivity index (χ3v) is 2.73. The summed E-state index contributed by atoms with van der Waals surface area (Å²) < 4.78 is 112. The van der Waals surface area contributed by atoms with Crippen LogP contribution in [0.2, 0.25) is 0 Å². The summed E-state index contributed by atoms with van der Waals surface area (Å²) in [6.07, 6.45) is 1.13. The molecule has 1 aromatic heterocycles. The average molecular weight is 420 g/mol. The highest BCUT2D eigenvalue weighted by Crippen LogP contribution is 2.19. The summed E-state index contributed by atoms with van der Waals surface area (Å²) in [7, 11) is 2.16. The largest absolute Gasteiger partial charge is 0.301 e. The SMILES string of the molecule is CN1CCc2ncsc2C1.FF.FF.FF.FF.FF.FF.FF. The van der Waals surface area contributed by atoms with Crippen molar-refractivity contribution >= 4 is 11.3 Å². The number of likely N-dealkylation sites (N-methyl/N-ethyl adjacent to an activating group) is 1. The van der Waals surface area contributed by atoms with Gasteiger partial charge in [-0.15, -0.1) is 11.3 Å². The summed E-state index contributed by atoms with van der Waals surface area (Å²) in [5.41, 5.74) is 3.27. The fraction of sp³-hybridized carbons (Fsp3) is 0.571. The molecule has 24 heavy (non-hydrogen) atoms. The van der Waals surface area contributed by atoms with E-state index in [0.29, 0.717) is 0 Å². The van der Waals surface area contributed by atoms with Crippen LogP contribution in [0.4, 0.5) is 64.0 Å². The molecule has 0 aliphatic carbocycles. The molecule has 0 spiro atoms. The summed E-state index contributed by atoms with van der Waals surface area (Å²) in [6, 6.07) is 0. The van der Waals surface area contributed by atoms with E-state index in [-0.39, 0.29) is 0 Å². The highest BCUT2D eigenvalue weighted by atomic mass is 32.1. The zero-order chi connectivity index (χ0) is 21.0. The van der Waals surface area contributed by atoms with Gasteiger partial charge in [0.25, 0.3) is 0 Å². The summed E-state index contributed by atoms with van der Waals surface area (Å²) in [4.78, 5) is 8.07. The fourth-order valence-electron chi connectivity index (χ4n) is 1.25. The van der Waals surface area contributed by atoms with E-state index in [1.165, 1.54) is 10.6 Å². The van der Waals surface area contributed by atoms with Crippen molar-refractivity contribution in [3.63, 3.8) is 0 Å². The van der Waals surface area contributed by atoms with Crippen LogP contribution in [0.25, 0.3) is 0 Å². The van der Waals surface area contributed by atoms with E-state index in [4.69, 9.17) is 64.0 Å². The molecule has 0 fully saturated rings. The number of aromatic nitrogens is 1. The second-order valence-corrected chi connectivity index (χ2v) is 3.65. The smallest absolute Gasteiger partial charge is 0.0798 e. The fourth-order valence-corrected chi connectivity index (χ4v) is 2.14. The van der Waals surface area contributed by atoms with Crippen molar-refractivity contribution in [2.75, 3.05) is 13.6 Å². The molecule has 1 aliphatic heterocycles. The van der Waals surface area contributed by atoms with Crippen LogP contribution in [0.1, 0.15) is 10.6 Å². The Bertz CT molecular complexity index is 255. The van der Waals surface area contributed by atoms with Crippen LogP contribution in [-0.4, -0.2) is 23.5 Å². The van der Waals surface area contributed by atoms with Crippen LogP contribution in [0.5, 0.6) is 0 Å². The molecule has 0 saturated heterocycles. The van der Waals surface area contributed by atoms with Crippen molar-refractivity contribution in [2.24, 2.45) is 0 Å². The number of rotatable bonds is 0. The third kappa shape index (κ3) is 25.6. The van der Waals surface area contributed by atoms with E-state index in [1.807, 2.05) is 5.51 Å². The standard InChI is InChI=1S/C7H10N2S.7F2/c1-9-3-2-6-7(4-9)10-5-8-6;7*1-2/h5H,2-4H2,1H3;;;;;;;. The summed E-state index contributed by atoms with van der Waals surface area (Å²) >= 11 is 1.78. The normalized spacial score (nSPS) is 9.62.